The molecule has 1 aromatic heterocycles. The Morgan fingerprint density at radius 1 is 1.44 bits per heavy atom. The molecule has 0 amide bonds. The van der Waals surface area contributed by atoms with E-state index in [1.54, 1.807) is 0 Å². The third-order valence-corrected chi connectivity index (χ3v) is 3.34. The third-order valence-electron chi connectivity index (χ3n) is 3.34. The lowest BCUT2D eigenvalue weighted by Gasteiger charge is -1.99. The van der Waals surface area contributed by atoms with Crippen molar-refractivity contribution in [3.8, 4) is 0 Å². The van der Waals surface area contributed by atoms with Gasteiger partial charge in [0.1, 0.15) is 5.82 Å². The summed E-state index contributed by atoms with van der Waals surface area (Å²) in [6.45, 7) is 1.97. The van der Waals surface area contributed by atoms with Gasteiger partial charge in [-0.05, 0) is 38.0 Å². The molecule has 0 bridgehead atoms. The first-order chi connectivity index (χ1) is 7.66. The highest BCUT2D eigenvalue weighted by atomic mass is 16.1. The molecule has 0 aliphatic heterocycles. The normalized spacial score (nSPS) is 15.6. The van der Waals surface area contributed by atoms with Crippen LogP contribution >= 0.6 is 0 Å². The molecule has 1 fully saturated rings. The number of fused-ring (bicyclic) bond motifs is 1. The Morgan fingerprint density at radius 3 is 2.88 bits per heavy atom. The number of rotatable bonds is 2. The van der Waals surface area contributed by atoms with E-state index < -0.39 is 0 Å². The summed E-state index contributed by atoms with van der Waals surface area (Å²) in [5.74, 6) is 1.54. The number of hydrogen-bond acceptors (Lipinski definition) is 2. The van der Waals surface area contributed by atoms with Crippen LogP contribution in [0.25, 0.3) is 11.0 Å². The summed E-state index contributed by atoms with van der Waals surface area (Å²) < 4.78 is 2.04. The standard InChI is InChI=1S/C13H14N2O/c1-8-14-11-7-10(13(16)9-3-4-9)5-6-12(11)15(8)2/h5-7,9H,3-4H2,1-2H3. The Kier molecular flexibility index (Phi) is 1.90. The van der Waals surface area contributed by atoms with Crippen LogP contribution < -0.4 is 0 Å². The van der Waals surface area contributed by atoms with Crippen molar-refractivity contribution in [2.24, 2.45) is 13.0 Å². The fraction of sp³-hybridized carbons (Fsp3) is 0.385. The maximum atomic E-state index is 11.9. The minimum Gasteiger partial charge on any atom is -0.331 e. The Bertz CT molecular complexity index is 579. The van der Waals surface area contributed by atoms with Gasteiger partial charge in [0.05, 0.1) is 11.0 Å². The number of imidazole rings is 1. The number of hydrogen-bond donors (Lipinski definition) is 0. The lowest BCUT2D eigenvalue weighted by atomic mass is 10.1. The molecule has 1 saturated carbocycles. The van der Waals surface area contributed by atoms with Crippen LogP contribution in [-0.2, 0) is 7.05 Å². The molecule has 1 heterocycles. The minimum absolute atomic E-state index is 0.280. The molecule has 1 aliphatic carbocycles. The van der Waals surface area contributed by atoms with Gasteiger partial charge in [-0.3, -0.25) is 4.79 Å². The van der Waals surface area contributed by atoms with Gasteiger partial charge in [0.15, 0.2) is 5.78 Å². The van der Waals surface area contributed by atoms with Crippen molar-refractivity contribution < 1.29 is 4.79 Å². The van der Waals surface area contributed by atoms with Crippen LogP contribution in [0, 0.1) is 12.8 Å². The van der Waals surface area contributed by atoms with Crippen molar-refractivity contribution in [2.75, 3.05) is 0 Å². The summed E-state index contributed by atoms with van der Waals surface area (Å²) in [4.78, 5) is 16.4. The number of benzene rings is 1. The van der Waals surface area contributed by atoms with Gasteiger partial charge in [-0.15, -0.1) is 0 Å². The lowest BCUT2D eigenvalue weighted by molar-refractivity contribution is 0.0968. The van der Waals surface area contributed by atoms with Crippen molar-refractivity contribution in [1.29, 1.82) is 0 Å². The van der Waals surface area contributed by atoms with E-state index in [1.807, 2.05) is 36.7 Å². The van der Waals surface area contributed by atoms with E-state index in [-0.39, 0.29) is 11.7 Å². The summed E-state index contributed by atoms with van der Waals surface area (Å²) in [5.41, 5.74) is 2.82. The minimum atomic E-state index is 0.280. The molecule has 3 rings (SSSR count). The Morgan fingerprint density at radius 2 is 2.19 bits per heavy atom. The molecule has 1 aliphatic rings. The average Bonchev–Trinajstić information content (AvgIpc) is 3.07. The molecule has 0 radical (unpaired) electrons. The second-order valence-electron chi connectivity index (χ2n) is 4.56. The van der Waals surface area contributed by atoms with Crippen LogP contribution in [0.4, 0.5) is 0 Å². The van der Waals surface area contributed by atoms with E-state index in [9.17, 15) is 4.79 Å². The van der Waals surface area contributed by atoms with Gasteiger partial charge in [-0.25, -0.2) is 4.98 Å². The highest BCUT2D eigenvalue weighted by Gasteiger charge is 2.30. The molecule has 3 nitrogen and oxygen atoms in total. The van der Waals surface area contributed by atoms with Crippen LogP contribution in [0.15, 0.2) is 18.2 Å². The SMILES string of the molecule is Cc1nc2cc(C(=O)C3CC3)ccc2n1C. The first-order valence-electron chi connectivity index (χ1n) is 5.64. The van der Waals surface area contributed by atoms with Gasteiger partial charge in [0, 0.05) is 18.5 Å². The van der Waals surface area contributed by atoms with E-state index in [0.29, 0.717) is 0 Å². The first-order valence-corrected chi connectivity index (χ1v) is 5.64. The monoisotopic (exact) mass is 214 g/mol. The zero-order valence-corrected chi connectivity index (χ0v) is 9.53. The summed E-state index contributed by atoms with van der Waals surface area (Å²) in [7, 11) is 1.99. The van der Waals surface area contributed by atoms with Crippen molar-refractivity contribution in [3.63, 3.8) is 0 Å². The molecule has 1 aromatic carbocycles. The highest BCUT2D eigenvalue weighted by molar-refractivity contribution is 6.01. The lowest BCUT2D eigenvalue weighted by Crippen LogP contribution is -2.00. The largest absolute Gasteiger partial charge is 0.331 e. The average molecular weight is 214 g/mol. The predicted molar refractivity (Wildman–Crippen MR) is 62.5 cm³/mol. The van der Waals surface area contributed by atoms with E-state index in [2.05, 4.69) is 4.98 Å². The Hall–Kier alpha value is -1.64. The maximum absolute atomic E-state index is 11.9. The Balaban J connectivity index is 2.11. The molecular weight excluding hydrogens is 200 g/mol. The van der Waals surface area contributed by atoms with Crippen LogP contribution in [0.5, 0.6) is 0 Å². The molecule has 0 N–H and O–H groups in total. The van der Waals surface area contributed by atoms with E-state index >= 15 is 0 Å². The number of Topliss-reactive ketones (excluding diaryl/α,β-unsaturated/α-hetero) is 1. The van der Waals surface area contributed by atoms with Gasteiger partial charge in [-0.1, -0.05) is 0 Å². The molecule has 0 spiro atoms. The second kappa shape index (κ2) is 3.17. The molecular formula is C13H14N2O. The smallest absolute Gasteiger partial charge is 0.166 e. The topological polar surface area (TPSA) is 34.9 Å². The number of aryl methyl sites for hydroxylation is 2. The summed E-state index contributed by atoms with van der Waals surface area (Å²) in [5, 5.41) is 0. The van der Waals surface area contributed by atoms with Gasteiger partial charge in [0.25, 0.3) is 0 Å². The van der Waals surface area contributed by atoms with Crippen LogP contribution in [0.2, 0.25) is 0 Å². The first kappa shape index (κ1) is 9.58. The summed E-state index contributed by atoms with van der Waals surface area (Å²) >= 11 is 0. The van der Waals surface area contributed by atoms with Crippen molar-refractivity contribution >= 4 is 16.8 Å². The summed E-state index contributed by atoms with van der Waals surface area (Å²) in [6.07, 6.45) is 2.11. The number of carbonyl (C=O) groups excluding carboxylic acids is 1. The van der Waals surface area contributed by atoms with Gasteiger partial charge in [-0.2, -0.15) is 0 Å². The number of carbonyl (C=O) groups is 1. The van der Waals surface area contributed by atoms with Gasteiger partial charge < -0.3 is 4.57 Å². The van der Waals surface area contributed by atoms with Crippen molar-refractivity contribution in [3.05, 3.63) is 29.6 Å². The number of ketones is 1. The van der Waals surface area contributed by atoms with E-state index in [1.165, 1.54) is 0 Å². The fourth-order valence-corrected chi connectivity index (χ4v) is 2.05. The Labute approximate surface area is 94.1 Å². The number of nitrogens with zero attached hydrogens (tertiary/aromatic N) is 2. The zero-order chi connectivity index (χ0) is 11.3. The van der Waals surface area contributed by atoms with Crippen LogP contribution in [-0.4, -0.2) is 15.3 Å². The maximum Gasteiger partial charge on any atom is 0.166 e. The molecule has 0 saturated heterocycles. The predicted octanol–water partition coefficient (Wildman–Crippen LogP) is 2.47. The van der Waals surface area contributed by atoms with Crippen molar-refractivity contribution in [1.82, 2.24) is 9.55 Å². The molecule has 82 valence electrons. The second-order valence-corrected chi connectivity index (χ2v) is 4.56. The van der Waals surface area contributed by atoms with Gasteiger partial charge in [0.2, 0.25) is 0 Å². The quantitative estimate of drug-likeness (QED) is 0.720. The highest BCUT2D eigenvalue weighted by Crippen LogP contribution is 2.33. The molecule has 2 aromatic rings. The van der Waals surface area contributed by atoms with Gasteiger partial charge >= 0.3 is 0 Å². The van der Waals surface area contributed by atoms with Crippen molar-refractivity contribution in [2.45, 2.75) is 19.8 Å². The molecule has 16 heavy (non-hydrogen) atoms. The molecule has 0 unspecified atom stereocenters. The fourth-order valence-electron chi connectivity index (χ4n) is 2.05. The summed E-state index contributed by atoms with van der Waals surface area (Å²) in [6, 6.07) is 5.83. The molecule has 0 atom stereocenters. The zero-order valence-electron chi connectivity index (χ0n) is 9.53. The van der Waals surface area contributed by atoms with E-state index in [0.717, 1.165) is 35.3 Å². The number of aromatic nitrogens is 2. The third kappa shape index (κ3) is 1.35. The van der Waals surface area contributed by atoms with E-state index in [4.69, 9.17) is 0 Å². The van der Waals surface area contributed by atoms with Crippen LogP contribution in [0.1, 0.15) is 29.0 Å². The van der Waals surface area contributed by atoms with Crippen LogP contribution in [0.3, 0.4) is 0 Å². The molecule has 3 heteroatoms.